The lowest BCUT2D eigenvalue weighted by molar-refractivity contribution is -0.190. The van der Waals surface area contributed by atoms with Crippen molar-refractivity contribution in [2.45, 2.75) is 26.1 Å². The molecule has 3 rings (SSSR count). The SMILES string of the molecule is C=C(C)C(=O)OC1(CC)Oc2ccc(cc2)O/C1=C/C(=O)OC. The average molecular weight is 318 g/mol. The molecular weight excluding hydrogens is 300 g/mol. The first kappa shape index (κ1) is 16.6. The summed E-state index contributed by atoms with van der Waals surface area (Å²) >= 11 is 0. The number of esters is 2. The van der Waals surface area contributed by atoms with Crippen LogP contribution >= 0.6 is 0 Å². The standard InChI is InChI=1S/C17H18O6/c1-5-17(23-16(19)11(2)3)14(10-15(18)20-4)21-12-6-8-13(22-17)9-7-12/h6-10H,2,5H2,1,3-4H3/b14-10+. The van der Waals surface area contributed by atoms with Crippen LogP contribution in [0.2, 0.25) is 0 Å². The summed E-state index contributed by atoms with van der Waals surface area (Å²) in [4.78, 5) is 23.7. The molecule has 1 unspecified atom stereocenters. The van der Waals surface area contributed by atoms with Crippen LogP contribution in [0, 0.1) is 0 Å². The van der Waals surface area contributed by atoms with E-state index in [0.717, 1.165) is 6.08 Å². The van der Waals surface area contributed by atoms with Gasteiger partial charge in [0.2, 0.25) is 0 Å². The minimum absolute atomic E-state index is 0.0302. The second-order valence-electron chi connectivity index (χ2n) is 4.98. The molecule has 6 heteroatoms. The van der Waals surface area contributed by atoms with Crippen molar-refractivity contribution in [3.8, 4) is 11.5 Å². The molecule has 2 bridgehead atoms. The molecule has 6 nitrogen and oxygen atoms in total. The number of hydrogen-bond donors (Lipinski definition) is 0. The van der Waals surface area contributed by atoms with Gasteiger partial charge in [0.15, 0.2) is 5.76 Å². The number of carbonyl (C=O) groups excluding carboxylic acids is 2. The first-order valence-electron chi connectivity index (χ1n) is 7.06. The van der Waals surface area contributed by atoms with Crippen LogP contribution in [0.4, 0.5) is 0 Å². The summed E-state index contributed by atoms with van der Waals surface area (Å²) in [5, 5.41) is 0. The molecule has 122 valence electrons. The lowest BCUT2D eigenvalue weighted by atomic mass is 10.1. The molecule has 0 radical (unpaired) electrons. The van der Waals surface area contributed by atoms with E-state index in [1.807, 2.05) is 0 Å². The van der Waals surface area contributed by atoms with Gasteiger partial charge < -0.3 is 18.9 Å². The van der Waals surface area contributed by atoms with Gasteiger partial charge in [-0.1, -0.05) is 13.5 Å². The summed E-state index contributed by atoms with van der Waals surface area (Å²) in [7, 11) is 1.24. The zero-order valence-corrected chi connectivity index (χ0v) is 13.3. The summed E-state index contributed by atoms with van der Waals surface area (Å²) in [5.41, 5.74) is 0.204. The molecule has 0 aromatic heterocycles. The molecule has 2 aliphatic rings. The smallest absolute Gasteiger partial charge is 0.336 e. The Labute approximate surface area is 134 Å². The van der Waals surface area contributed by atoms with Crippen LogP contribution in [0.1, 0.15) is 20.3 Å². The van der Waals surface area contributed by atoms with Gasteiger partial charge in [0.25, 0.3) is 0 Å². The second kappa shape index (κ2) is 6.56. The number of rotatable bonds is 4. The van der Waals surface area contributed by atoms with Crippen molar-refractivity contribution in [3.05, 3.63) is 48.3 Å². The monoisotopic (exact) mass is 318 g/mol. The molecule has 2 heterocycles. The van der Waals surface area contributed by atoms with Crippen LogP contribution in [0.3, 0.4) is 0 Å². The van der Waals surface area contributed by atoms with E-state index >= 15 is 0 Å². The topological polar surface area (TPSA) is 71.1 Å². The largest absolute Gasteiger partial charge is 0.466 e. The average Bonchev–Trinajstić information content (AvgIpc) is 2.52. The van der Waals surface area contributed by atoms with Crippen LogP contribution in [-0.4, -0.2) is 24.8 Å². The highest BCUT2D eigenvalue weighted by molar-refractivity contribution is 5.88. The van der Waals surface area contributed by atoms with Crippen molar-refractivity contribution in [2.24, 2.45) is 0 Å². The fraction of sp³-hybridized carbons (Fsp3) is 0.294. The van der Waals surface area contributed by atoms with Crippen molar-refractivity contribution < 1.29 is 28.5 Å². The molecule has 0 aliphatic carbocycles. The molecule has 0 amide bonds. The van der Waals surface area contributed by atoms with Gasteiger partial charge in [0.1, 0.15) is 11.5 Å². The van der Waals surface area contributed by atoms with E-state index in [4.69, 9.17) is 14.2 Å². The third-order valence-corrected chi connectivity index (χ3v) is 3.23. The van der Waals surface area contributed by atoms with E-state index in [2.05, 4.69) is 11.3 Å². The molecule has 0 spiro atoms. The van der Waals surface area contributed by atoms with Gasteiger partial charge in [-0.3, -0.25) is 0 Å². The Hall–Kier alpha value is -2.76. The van der Waals surface area contributed by atoms with Gasteiger partial charge in [-0.2, -0.15) is 0 Å². The Kier molecular flexibility index (Phi) is 4.74. The summed E-state index contributed by atoms with van der Waals surface area (Å²) in [6.45, 7) is 6.82. The van der Waals surface area contributed by atoms with Gasteiger partial charge in [0.05, 0.1) is 13.2 Å². The van der Waals surface area contributed by atoms with E-state index in [0.29, 0.717) is 11.5 Å². The summed E-state index contributed by atoms with van der Waals surface area (Å²) < 4.78 is 21.6. The zero-order valence-electron chi connectivity index (χ0n) is 13.3. The van der Waals surface area contributed by atoms with Crippen molar-refractivity contribution in [1.82, 2.24) is 0 Å². The first-order chi connectivity index (χ1) is 10.9. The Morgan fingerprint density at radius 3 is 2.39 bits per heavy atom. The number of methoxy groups -OCH3 is 1. The van der Waals surface area contributed by atoms with Crippen molar-refractivity contribution in [3.63, 3.8) is 0 Å². The highest BCUT2D eigenvalue weighted by Gasteiger charge is 2.43. The highest BCUT2D eigenvalue weighted by atomic mass is 16.7. The van der Waals surface area contributed by atoms with Crippen molar-refractivity contribution in [1.29, 1.82) is 0 Å². The maximum atomic E-state index is 12.0. The molecule has 0 fully saturated rings. The molecule has 1 aromatic rings. The predicted octanol–water partition coefficient (Wildman–Crippen LogP) is 2.74. The highest BCUT2D eigenvalue weighted by Crippen LogP contribution is 2.36. The Bertz CT molecular complexity index is 658. The maximum absolute atomic E-state index is 12.0. The van der Waals surface area contributed by atoms with Gasteiger partial charge in [-0.05, 0) is 31.2 Å². The third-order valence-electron chi connectivity index (χ3n) is 3.23. The molecule has 1 aromatic carbocycles. The van der Waals surface area contributed by atoms with Gasteiger partial charge in [-0.15, -0.1) is 0 Å². The molecule has 0 saturated heterocycles. The Morgan fingerprint density at radius 1 is 1.26 bits per heavy atom. The van der Waals surface area contributed by atoms with Crippen molar-refractivity contribution in [2.75, 3.05) is 7.11 Å². The lowest BCUT2D eigenvalue weighted by Gasteiger charge is -2.35. The molecule has 0 saturated carbocycles. The van der Waals surface area contributed by atoms with Gasteiger partial charge in [-0.25, -0.2) is 9.59 Å². The van der Waals surface area contributed by atoms with E-state index < -0.39 is 17.7 Å². The fourth-order valence-electron chi connectivity index (χ4n) is 1.95. The molecular formula is C17H18O6. The minimum Gasteiger partial charge on any atom is -0.466 e. The van der Waals surface area contributed by atoms with Crippen LogP contribution in [0.25, 0.3) is 0 Å². The fourth-order valence-corrected chi connectivity index (χ4v) is 1.95. The van der Waals surface area contributed by atoms with Crippen LogP contribution < -0.4 is 9.47 Å². The Balaban J connectivity index is 2.52. The molecule has 23 heavy (non-hydrogen) atoms. The number of ether oxygens (including phenoxy) is 4. The van der Waals surface area contributed by atoms with Crippen LogP contribution in [0.5, 0.6) is 11.5 Å². The normalized spacial score (nSPS) is 20.7. The number of fused-ring (bicyclic) bond motifs is 5. The van der Waals surface area contributed by atoms with E-state index in [9.17, 15) is 9.59 Å². The number of benzene rings is 1. The van der Waals surface area contributed by atoms with Gasteiger partial charge >= 0.3 is 17.7 Å². The number of carbonyl (C=O) groups is 2. The van der Waals surface area contributed by atoms with Crippen LogP contribution in [0.15, 0.2) is 48.3 Å². The molecule has 1 atom stereocenters. The predicted molar refractivity (Wildman–Crippen MR) is 81.7 cm³/mol. The van der Waals surface area contributed by atoms with Gasteiger partial charge in [0, 0.05) is 12.0 Å². The van der Waals surface area contributed by atoms with Crippen molar-refractivity contribution >= 4 is 11.9 Å². The number of hydrogen-bond acceptors (Lipinski definition) is 6. The maximum Gasteiger partial charge on any atom is 0.336 e. The summed E-state index contributed by atoms with van der Waals surface area (Å²) in [6.07, 6.45) is 1.32. The molecule has 0 N–H and O–H groups in total. The zero-order chi connectivity index (χ0) is 17.0. The van der Waals surface area contributed by atoms with E-state index in [1.165, 1.54) is 14.0 Å². The van der Waals surface area contributed by atoms with E-state index in [1.54, 1.807) is 31.2 Å². The first-order valence-corrected chi connectivity index (χ1v) is 7.06. The van der Waals surface area contributed by atoms with E-state index in [-0.39, 0.29) is 17.8 Å². The third kappa shape index (κ3) is 3.53. The van der Waals surface area contributed by atoms with Crippen LogP contribution in [-0.2, 0) is 19.1 Å². The minimum atomic E-state index is -1.58. The second-order valence-corrected chi connectivity index (χ2v) is 4.98. The lowest BCUT2D eigenvalue weighted by Crippen LogP contribution is -2.45. The summed E-state index contributed by atoms with van der Waals surface area (Å²) in [5.74, 6) is -1.90. The quantitative estimate of drug-likeness (QED) is 0.628. The Morgan fingerprint density at radius 2 is 1.87 bits per heavy atom. The summed E-state index contributed by atoms with van der Waals surface area (Å²) in [6, 6.07) is 6.73. The molecule has 2 aliphatic heterocycles.